The molecule has 0 spiro atoms. The third-order valence-corrected chi connectivity index (χ3v) is 10.4. The fraction of sp³-hybridized carbons (Fsp3) is 0. The molecule has 3 N–H and O–H groups in total. The van der Waals surface area contributed by atoms with E-state index in [4.69, 9.17) is 10.7 Å². The van der Waals surface area contributed by atoms with Crippen molar-refractivity contribution in [1.29, 1.82) is 5.41 Å². The van der Waals surface area contributed by atoms with Crippen LogP contribution >= 0.6 is 0 Å². The lowest BCUT2D eigenvalue weighted by molar-refractivity contribution is 1.46. The molecule has 0 heterocycles. The molecule has 0 saturated heterocycles. The van der Waals surface area contributed by atoms with Crippen molar-refractivity contribution in [2.24, 2.45) is 4.99 Å². The zero-order valence-corrected chi connectivity index (χ0v) is 30.2. The molecular weight excluding hydrogens is 667 g/mol. The third-order valence-electron chi connectivity index (χ3n) is 10.4. The van der Waals surface area contributed by atoms with Gasteiger partial charge in [0, 0.05) is 28.6 Å². The van der Waals surface area contributed by atoms with Gasteiger partial charge in [0.05, 0.1) is 11.4 Å². The first-order chi connectivity index (χ1) is 27.1. The number of nitrogens with zero attached hydrogens (tertiary/aromatic N) is 1. The van der Waals surface area contributed by atoms with Crippen LogP contribution in [0.5, 0.6) is 0 Å². The summed E-state index contributed by atoms with van der Waals surface area (Å²) < 4.78 is 0. The molecule has 3 nitrogen and oxygen atoms in total. The van der Waals surface area contributed by atoms with Crippen LogP contribution in [0.2, 0.25) is 0 Å². The molecule has 55 heavy (non-hydrogen) atoms. The first-order valence-electron chi connectivity index (χ1n) is 18.5. The Kier molecular flexibility index (Phi) is 8.87. The average Bonchev–Trinajstić information content (AvgIpc) is 3.25. The lowest BCUT2D eigenvalue weighted by Gasteiger charge is -2.14. The average molecular weight is 704 g/mol. The summed E-state index contributed by atoms with van der Waals surface area (Å²) in [5.41, 5.74) is 17.5. The Morgan fingerprint density at radius 2 is 1.07 bits per heavy atom. The van der Waals surface area contributed by atoms with E-state index in [1.807, 2.05) is 66.9 Å². The first-order valence-corrected chi connectivity index (χ1v) is 18.5. The molecule has 0 aliphatic carbocycles. The third kappa shape index (κ3) is 6.60. The van der Waals surface area contributed by atoms with E-state index in [0.717, 1.165) is 71.9 Å². The molecule has 0 aromatic heterocycles. The first kappa shape index (κ1) is 33.5. The van der Waals surface area contributed by atoms with Gasteiger partial charge in [-0.1, -0.05) is 176 Å². The van der Waals surface area contributed by atoms with Gasteiger partial charge in [-0.3, -0.25) is 4.99 Å². The molecule has 0 saturated carbocycles. The number of nitrogens with two attached hydrogens (primary N) is 1. The number of hydrogen-bond acceptors (Lipinski definition) is 3. The van der Waals surface area contributed by atoms with Crippen molar-refractivity contribution in [1.82, 2.24) is 0 Å². The fourth-order valence-corrected chi connectivity index (χ4v) is 7.57. The van der Waals surface area contributed by atoms with Crippen molar-refractivity contribution < 1.29 is 0 Å². The summed E-state index contributed by atoms with van der Waals surface area (Å²) >= 11 is 0. The van der Waals surface area contributed by atoms with Crippen LogP contribution in [0.3, 0.4) is 0 Å². The van der Waals surface area contributed by atoms with Gasteiger partial charge in [0.25, 0.3) is 0 Å². The molecule has 0 bridgehead atoms. The molecule has 9 aromatic carbocycles. The van der Waals surface area contributed by atoms with Crippen LogP contribution in [0.1, 0.15) is 16.7 Å². The second-order valence-corrected chi connectivity index (χ2v) is 13.8. The summed E-state index contributed by atoms with van der Waals surface area (Å²) in [6.07, 6.45) is 3.87. The Balaban J connectivity index is 1.19. The molecule has 0 unspecified atom stereocenters. The van der Waals surface area contributed by atoms with E-state index in [-0.39, 0.29) is 0 Å². The van der Waals surface area contributed by atoms with Crippen molar-refractivity contribution in [3.8, 4) is 33.4 Å². The quantitative estimate of drug-likeness (QED) is 0.0704. The molecular formula is C52H37N3. The molecule has 0 radical (unpaired) electrons. The molecule has 0 amide bonds. The monoisotopic (exact) mass is 703 g/mol. The highest BCUT2D eigenvalue weighted by Crippen LogP contribution is 2.37. The highest BCUT2D eigenvalue weighted by molar-refractivity contribution is 6.20. The van der Waals surface area contributed by atoms with Crippen LogP contribution < -0.4 is 5.73 Å². The van der Waals surface area contributed by atoms with E-state index in [9.17, 15) is 5.41 Å². The molecule has 260 valence electrons. The smallest absolute Gasteiger partial charge is 0.0723 e. The number of anilines is 1. The van der Waals surface area contributed by atoms with Gasteiger partial charge >= 0.3 is 0 Å². The number of nitrogen functional groups attached to an aromatic ring is 1. The van der Waals surface area contributed by atoms with E-state index in [0.29, 0.717) is 11.4 Å². The topological polar surface area (TPSA) is 62.2 Å². The Morgan fingerprint density at radius 3 is 1.87 bits per heavy atom. The van der Waals surface area contributed by atoms with Crippen LogP contribution in [-0.4, -0.2) is 11.9 Å². The lowest BCUT2D eigenvalue weighted by Crippen LogP contribution is -1.98. The Bertz CT molecular complexity index is 2940. The molecule has 0 fully saturated rings. The Hall–Kier alpha value is -7.36. The minimum atomic E-state index is 0.378. The predicted molar refractivity (Wildman–Crippen MR) is 235 cm³/mol. The molecule has 9 rings (SSSR count). The SMILES string of the molecule is N=C(/C=C(\N=Cc1c2ccccc2cc2c1ccc1ccccc12)c1cccc(-c2ccccc2-c2ccccc2N)c1)c1ccc(-c2ccccc2)cc1. The van der Waals surface area contributed by atoms with Gasteiger partial charge in [0.1, 0.15) is 0 Å². The normalized spacial score (nSPS) is 11.8. The number of fused-ring (bicyclic) bond motifs is 4. The summed E-state index contributed by atoms with van der Waals surface area (Å²) in [6, 6.07) is 67.0. The zero-order chi connectivity index (χ0) is 37.1. The maximum absolute atomic E-state index is 9.34. The molecule has 3 heteroatoms. The Morgan fingerprint density at radius 1 is 0.436 bits per heavy atom. The van der Waals surface area contributed by atoms with Gasteiger partial charge in [-0.2, -0.15) is 0 Å². The summed E-state index contributed by atoms with van der Waals surface area (Å²) in [4.78, 5) is 5.28. The molecule has 0 atom stereocenters. The van der Waals surface area contributed by atoms with Crippen LogP contribution in [0.25, 0.3) is 71.4 Å². The van der Waals surface area contributed by atoms with Gasteiger partial charge in [-0.25, -0.2) is 0 Å². The minimum Gasteiger partial charge on any atom is -0.398 e. The maximum Gasteiger partial charge on any atom is 0.0723 e. The van der Waals surface area contributed by atoms with Crippen molar-refractivity contribution >= 4 is 55.6 Å². The van der Waals surface area contributed by atoms with Gasteiger partial charge in [-0.05, 0) is 90.0 Å². The van der Waals surface area contributed by atoms with E-state index >= 15 is 0 Å². The van der Waals surface area contributed by atoms with Gasteiger partial charge in [0.2, 0.25) is 0 Å². The zero-order valence-electron chi connectivity index (χ0n) is 30.2. The number of para-hydroxylation sites is 1. The van der Waals surface area contributed by atoms with Crippen molar-refractivity contribution in [3.63, 3.8) is 0 Å². The van der Waals surface area contributed by atoms with Crippen molar-refractivity contribution in [2.45, 2.75) is 0 Å². The minimum absolute atomic E-state index is 0.378. The van der Waals surface area contributed by atoms with Gasteiger partial charge in [0.15, 0.2) is 0 Å². The predicted octanol–water partition coefficient (Wildman–Crippen LogP) is 13.3. The largest absolute Gasteiger partial charge is 0.398 e. The second-order valence-electron chi connectivity index (χ2n) is 13.8. The number of rotatable bonds is 8. The van der Waals surface area contributed by atoms with E-state index in [1.54, 1.807) is 0 Å². The summed E-state index contributed by atoms with van der Waals surface area (Å²) in [5.74, 6) is 0. The maximum atomic E-state index is 9.34. The van der Waals surface area contributed by atoms with E-state index in [1.165, 1.54) is 16.2 Å². The van der Waals surface area contributed by atoms with Crippen molar-refractivity contribution in [2.75, 3.05) is 5.73 Å². The summed E-state index contributed by atoms with van der Waals surface area (Å²) in [6.45, 7) is 0. The number of hydrogen-bond donors (Lipinski definition) is 2. The highest BCUT2D eigenvalue weighted by Gasteiger charge is 2.13. The highest BCUT2D eigenvalue weighted by atomic mass is 14.7. The van der Waals surface area contributed by atoms with E-state index in [2.05, 4.69) is 140 Å². The number of allylic oxidation sites excluding steroid dienone is 1. The van der Waals surface area contributed by atoms with Crippen LogP contribution in [0.15, 0.2) is 205 Å². The fourth-order valence-electron chi connectivity index (χ4n) is 7.57. The number of aliphatic imine (C=N–C) groups is 1. The number of benzene rings is 9. The molecule has 0 aliphatic rings. The second kappa shape index (κ2) is 14.6. The summed E-state index contributed by atoms with van der Waals surface area (Å²) in [7, 11) is 0. The molecule has 0 aliphatic heterocycles. The standard InChI is InChI=1S/C52H37N3/c53-50-24-11-10-23-47(50)45-22-9-8-20-43(45)39-17-12-18-41(31-39)52(33-51(54)38-27-25-36(26-28-38)35-13-2-1-3-14-35)55-34-49-44-21-7-5-16-40(44)32-48-42-19-6-4-15-37(42)29-30-46(48)49/h1-34,54H,53H2/b52-33-,54-51?,55-34?. The van der Waals surface area contributed by atoms with Gasteiger partial charge < -0.3 is 11.1 Å². The van der Waals surface area contributed by atoms with Crippen molar-refractivity contribution in [3.05, 3.63) is 217 Å². The number of nitrogens with one attached hydrogen (secondary N) is 1. The van der Waals surface area contributed by atoms with Gasteiger partial charge in [-0.15, -0.1) is 0 Å². The summed E-state index contributed by atoms with van der Waals surface area (Å²) in [5, 5.41) is 16.4. The Labute approximate surface area is 320 Å². The van der Waals surface area contributed by atoms with E-state index < -0.39 is 0 Å². The molecule has 9 aromatic rings. The van der Waals surface area contributed by atoms with Crippen LogP contribution in [0.4, 0.5) is 5.69 Å². The van der Waals surface area contributed by atoms with Crippen LogP contribution in [-0.2, 0) is 0 Å². The lowest BCUT2D eigenvalue weighted by atomic mass is 9.92. The van der Waals surface area contributed by atoms with Crippen LogP contribution in [0, 0.1) is 5.41 Å².